The van der Waals surface area contributed by atoms with E-state index in [0.29, 0.717) is 28.2 Å². The van der Waals surface area contributed by atoms with Crippen LogP contribution in [-0.2, 0) is 4.74 Å². The highest BCUT2D eigenvalue weighted by Crippen LogP contribution is 2.33. The molecule has 2 aromatic heterocycles. The third-order valence-electron chi connectivity index (χ3n) is 3.53. The van der Waals surface area contributed by atoms with Gasteiger partial charge in [0, 0.05) is 6.20 Å². The highest BCUT2D eigenvalue weighted by molar-refractivity contribution is 5.92. The van der Waals surface area contributed by atoms with E-state index in [0.717, 1.165) is 12.8 Å². The van der Waals surface area contributed by atoms with Crippen LogP contribution in [0.4, 0.5) is 5.82 Å². The minimum Gasteiger partial charge on any atom is -0.394 e. The lowest BCUT2D eigenvalue weighted by Crippen LogP contribution is -2.14. The second kappa shape index (κ2) is 4.74. The fourth-order valence-electron chi connectivity index (χ4n) is 2.62. The van der Waals surface area contributed by atoms with Gasteiger partial charge in [-0.1, -0.05) is 0 Å². The van der Waals surface area contributed by atoms with Gasteiger partial charge in [-0.05, 0) is 19.8 Å². The SMILES string of the molecule is Cc1nc(N)c2c(C#N)cn(C3CCC(CO)O3)c2n1. The van der Waals surface area contributed by atoms with Gasteiger partial charge in [0.15, 0.2) is 0 Å². The average molecular weight is 273 g/mol. The number of aryl methyl sites for hydroxylation is 1. The molecule has 2 aromatic rings. The van der Waals surface area contributed by atoms with Gasteiger partial charge >= 0.3 is 0 Å². The second-order valence-corrected chi connectivity index (χ2v) is 4.89. The molecular formula is C13H15N5O2. The maximum atomic E-state index is 9.23. The van der Waals surface area contributed by atoms with Crippen molar-refractivity contribution in [1.82, 2.24) is 14.5 Å². The summed E-state index contributed by atoms with van der Waals surface area (Å²) in [6, 6.07) is 2.11. The van der Waals surface area contributed by atoms with E-state index in [1.807, 2.05) is 4.57 Å². The number of nitrogen functional groups attached to an aromatic ring is 1. The van der Waals surface area contributed by atoms with E-state index < -0.39 is 0 Å². The summed E-state index contributed by atoms with van der Waals surface area (Å²) in [5.74, 6) is 0.857. The predicted octanol–water partition coefficient (Wildman–Crippen LogP) is 0.863. The number of aliphatic hydroxyl groups is 1. The number of rotatable bonds is 2. The Labute approximate surface area is 115 Å². The number of aromatic nitrogens is 3. The van der Waals surface area contributed by atoms with Crippen molar-refractivity contribution in [3.63, 3.8) is 0 Å². The van der Waals surface area contributed by atoms with Crippen LogP contribution in [0.15, 0.2) is 6.20 Å². The number of nitrogens with zero attached hydrogens (tertiary/aromatic N) is 4. The smallest absolute Gasteiger partial charge is 0.149 e. The molecule has 1 fully saturated rings. The highest BCUT2D eigenvalue weighted by atomic mass is 16.5. The summed E-state index contributed by atoms with van der Waals surface area (Å²) in [6.07, 6.45) is 2.85. The molecule has 7 heteroatoms. The zero-order chi connectivity index (χ0) is 14.3. The largest absolute Gasteiger partial charge is 0.394 e. The summed E-state index contributed by atoms with van der Waals surface area (Å²) >= 11 is 0. The first-order chi connectivity index (χ1) is 9.63. The average Bonchev–Trinajstić information content (AvgIpc) is 3.01. The van der Waals surface area contributed by atoms with Gasteiger partial charge in [0.25, 0.3) is 0 Å². The van der Waals surface area contributed by atoms with Gasteiger partial charge in [0.05, 0.1) is 23.7 Å². The Morgan fingerprint density at radius 1 is 1.55 bits per heavy atom. The Kier molecular flexibility index (Phi) is 3.04. The molecule has 1 aliphatic heterocycles. The van der Waals surface area contributed by atoms with E-state index in [-0.39, 0.29) is 18.9 Å². The van der Waals surface area contributed by atoms with Gasteiger partial charge < -0.3 is 20.1 Å². The minimum absolute atomic E-state index is 0.00302. The molecule has 7 nitrogen and oxygen atoms in total. The third-order valence-corrected chi connectivity index (χ3v) is 3.53. The van der Waals surface area contributed by atoms with Crippen LogP contribution in [-0.4, -0.2) is 32.4 Å². The first-order valence-corrected chi connectivity index (χ1v) is 6.45. The normalized spacial score (nSPS) is 22.2. The Balaban J connectivity index is 2.15. The van der Waals surface area contributed by atoms with Crippen LogP contribution in [0.3, 0.4) is 0 Å². The van der Waals surface area contributed by atoms with Crippen molar-refractivity contribution < 1.29 is 9.84 Å². The van der Waals surface area contributed by atoms with E-state index >= 15 is 0 Å². The number of nitriles is 1. The van der Waals surface area contributed by atoms with E-state index in [1.165, 1.54) is 0 Å². The zero-order valence-electron chi connectivity index (χ0n) is 11.1. The molecule has 104 valence electrons. The Bertz CT molecular complexity index is 703. The van der Waals surface area contributed by atoms with Crippen molar-refractivity contribution >= 4 is 16.9 Å². The molecule has 0 aromatic carbocycles. The maximum absolute atomic E-state index is 9.23. The fraction of sp³-hybridized carbons (Fsp3) is 0.462. The topological polar surface area (TPSA) is 110 Å². The summed E-state index contributed by atoms with van der Waals surface area (Å²) < 4.78 is 7.56. The molecule has 1 aliphatic rings. The van der Waals surface area contributed by atoms with Crippen LogP contribution in [0, 0.1) is 18.3 Å². The van der Waals surface area contributed by atoms with E-state index in [4.69, 9.17) is 15.6 Å². The molecule has 2 unspecified atom stereocenters. The summed E-state index contributed by atoms with van der Waals surface area (Å²) in [7, 11) is 0. The van der Waals surface area contributed by atoms with Gasteiger partial charge in [-0.2, -0.15) is 5.26 Å². The van der Waals surface area contributed by atoms with Crippen LogP contribution in [0.2, 0.25) is 0 Å². The molecule has 3 heterocycles. The molecule has 20 heavy (non-hydrogen) atoms. The molecule has 0 saturated carbocycles. The summed E-state index contributed by atoms with van der Waals surface area (Å²) in [5.41, 5.74) is 6.95. The van der Waals surface area contributed by atoms with Crippen LogP contribution in [0.5, 0.6) is 0 Å². The van der Waals surface area contributed by atoms with Crippen LogP contribution in [0.1, 0.15) is 30.5 Å². The van der Waals surface area contributed by atoms with Crippen molar-refractivity contribution in [2.24, 2.45) is 0 Å². The fourth-order valence-corrected chi connectivity index (χ4v) is 2.62. The molecule has 0 bridgehead atoms. The summed E-state index contributed by atoms with van der Waals surface area (Å²) in [6.45, 7) is 1.75. The van der Waals surface area contributed by atoms with Gasteiger partial charge in [-0.15, -0.1) is 0 Å². The van der Waals surface area contributed by atoms with Crippen molar-refractivity contribution in [2.45, 2.75) is 32.1 Å². The summed E-state index contributed by atoms with van der Waals surface area (Å²) in [5, 5.41) is 18.9. The Morgan fingerprint density at radius 3 is 3.00 bits per heavy atom. The van der Waals surface area contributed by atoms with E-state index in [1.54, 1.807) is 13.1 Å². The molecule has 0 aliphatic carbocycles. The van der Waals surface area contributed by atoms with Crippen LogP contribution < -0.4 is 5.73 Å². The number of nitrogens with two attached hydrogens (primary N) is 1. The zero-order valence-corrected chi connectivity index (χ0v) is 11.1. The lowest BCUT2D eigenvalue weighted by molar-refractivity contribution is -0.0204. The van der Waals surface area contributed by atoms with Gasteiger partial charge in [-0.3, -0.25) is 0 Å². The monoisotopic (exact) mass is 273 g/mol. The van der Waals surface area contributed by atoms with Crippen LogP contribution in [0.25, 0.3) is 11.0 Å². The lowest BCUT2D eigenvalue weighted by Gasteiger charge is -2.14. The number of anilines is 1. The van der Waals surface area contributed by atoms with Crippen molar-refractivity contribution in [1.29, 1.82) is 5.26 Å². The molecule has 2 atom stereocenters. The summed E-state index contributed by atoms with van der Waals surface area (Å²) in [4.78, 5) is 8.48. The first-order valence-electron chi connectivity index (χ1n) is 6.45. The standard InChI is InChI=1S/C13H15N5O2/c1-7-16-12(15)11-8(4-14)5-18(13(11)17-7)10-3-2-9(6-19)20-10/h5,9-10,19H,2-3,6H2,1H3,(H2,15,16,17). The molecule has 3 rings (SSSR count). The number of fused-ring (bicyclic) bond motifs is 1. The number of hydrogen-bond acceptors (Lipinski definition) is 6. The van der Waals surface area contributed by atoms with Gasteiger partial charge in [0.2, 0.25) is 0 Å². The molecule has 3 N–H and O–H groups in total. The first kappa shape index (κ1) is 12.8. The number of ether oxygens (including phenoxy) is 1. The van der Waals surface area contributed by atoms with E-state index in [2.05, 4.69) is 16.0 Å². The van der Waals surface area contributed by atoms with Gasteiger partial charge in [-0.25, -0.2) is 9.97 Å². The quantitative estimate of drug-likeness (QED) is 0.839. The molecule has 0 spiro atoms. The second-order valence-electron chi connectivity index (χ2n) is 4.89. The number of aliphatic hydroxyl groups excluding tert-OH is 1. The van der Waals surface area contributed by atoms with Crippen molar-refractivity contribution in [3.05, 3.63) is 17.6 Å². The Morgan fingerprint density at radius 2 is 2.35 bits per heavy atom. The highest BCUT2D eigenvalue weighted by Gasteiger charge is 2.28. The molecular weight excluding hydrogens is 258 g/mol. The lowest BCUT2D eigenvalue weighted by atomic mass is 10.2. The Hall–Kier alpha value is -2.17. The van der Waals surface area contributed by atoms with Crippen molar-refractivity contribution in [2.75, 3.05) is 12.3 Å². The molecule has 0 amide bonds. The minimum atomic E-state index is -0.231. The van der Waals surface area contributed by atoms with Crippen LogP contribution >= 0.6 is 0 Å². The number of hydrogen-bond donors (Lipinski definition) is 2. The third kappa shape index (κ3) is 1.90. The molecule has 1 saturated heterocycles. The maximum Gasteiger partial charge on any atom is 0.149 e. The predicted molar refractivity (Wildman–Crippen MR) is 71.6 cm³/mol. The molecule has 0 radical (unpaired) electrons. The van der Waals surface area contributed by atoms with Gasteiger partial charge in [0.1, 0.15) is 29.6 Å². The van der Waals surface area contributed by atoms with E-state index in [9.17, 15) is 5.26 Å². The van der Waals surface area contributed by atoms with Crippen molar-refractivity contribution in [3.8, 4) is 6.07 Å².